The summed E-state index contributed by atoms with van der Waals surface area (Å²) in [5, 5.41) is 11.3. The first-order valence-electron chi connectivity index (χ1n) is 7.91. The Hall–Kier alpha value is -2.93. The van der Waals surface area contributed by atoms with E-state index in [9.17, 15) is 9.18 Å². The van der Waals surface area contributed by atoms with Crippen molar-refractivity contribution in [2.45, 2.75) is 6.54 Å². The first-order chi connectivity index (χ1) is 12.6. The molecule has 0 spiro atoms. The number of halogens is 2. The van der Waals surface area contributed by atoms with Gasteiger partial charge in [0.05, 0.1) is 12.7 Å². The number of hydrogen-bond donors (Lipinski definition) is 1. The van der Waals surface area contributed by atoms with Gasteiger partial charge in [0.15, 0.2) is 0 Å². The standard InChI is InChI=1S/C18H16ClFN4O2/c19-14-4-1-3-13(9-14)17-11-24(23-22-17)12-18(25)21-7-8-26-16-6-2-5-15(20)10-16/h1-6,9-11H,7-8,12H2,(H,21,25). The highest BCUT2D eigenvalue weighted by molar-refractivity contribution is 6.30. The first kappa shape index (κ1) is 17.9. The number of rotatable bonds is 7. The fraction of sp³-hybridized carbons (Fsp3) is 0.167. The van der Waals surface area contributed by atoms with Gasteiger partial charge in [-0.3, -0.25) is 4.79 Å². The van der Waals surface area contributed by atoms with Crippen molar-refractivity contribution in [1.29, 1.82) is 0 Å². The Balaban J connectivity index is 1.45. The number of benzene rings is 2. The number of amides is 1. The summed E-state index contributed by atoms with van der Waals surface area (Å²) in [6, 6.07) is 13.1. The van der Waals surface area contributed by atoms with Crippen LogP contribution in [0, 0.1) is 5.82 Å². The van der Waals surface area contributed by atoms with E-state index in [-0.39, 0.29) is 24.9 Å². The highest BCUT2D eigenvalue weighted by atomic mass is 35.5. The van der Waals surface area contributed by atoms with Gasteiger partial charge in [-0.2, -0.15) is 0 Å². The van der Waals surface area contributed by atoms with Crippen molar-refractivity contribution in [3.8, 4) is 17.0 Å². The van der Waals surface area contributed by atoms with Crippen LogP contribution in [0.15, 0.2) is 54.7 Å². The van der Waals surface area contributed by atoms with E-state index in [0.29, 0.717) is 23.0 Å². The third-order valence-corrected chi connectivity index (χ3v) is 3.69. The fourth-order valence-electron chi connectivity index (χ4n) is 2.27. The van der Waals surface area contributed by atoms with Crippen LogP contribution in [0.2, 0.25) is 5.02 Å². The molecule has 1 amide bonds. The van der Waals surface area contributed by atoms with Crippen molar-refractivity contribution in [2.75, 3.05) is 13.2 Å². The molecule has 0 unspecified atom stereocenters. The summed E-state index contributed by atoms with van der Waals surface area (Å²) in [6.45, 7) is 0.568. The lowest BCUT2D eigenvalue weighted by Crippen LogP contribution is -2.31. The molecule has 0 radical (unpaired) electrons. The summed E-state index contributed by atoms with van der Waals surface area (Å²) in [7, 11) is 0. The molecule has 1 heterocycles. The molecule has 6 nitrogen and oxygen atoms in total. The van der Waals surface area contributed by atoms with E-state index in [4.69, 9.17) is 16.3 Å². The average Bonchev–Trinajstić information content (AvgIpc) is 3.07. The molecule has 0 atom stereocenters. The zero-order valence-electron chi connectivity index (χ0n) is 13.7. The molecule has 2 aromatic carbocycles. The molecule has 0 saturated carbocycles. The number of carbonyl (C=O) groups excluding carboxylic acids is 1. The second-order valence-corrected chi connectivity index (χ2v) is 5.90. The molecule has 0 saturated heterocycles. The minimum atomic E-state index is -0.367. The number of hydrogen-bond acceptors (Lipinski definition) is 4. The number of nitrogens with zero attached hydrogens (tertiary/aromatic N) is 3. The Morgan fingerprint density at radius 2 is 2.08 bits per heavy atom. The maximum absolute atomic E-state index is 13.0. The third-order valence-electron chi connectivity index (χ3n) is 3.45. The minimum Gasteiger partial charge on any atom is -0.492 e. The van der Waals surface area contributed by atoms with Gasteiger partial charge in [0.25, 0.3) is 0 Å². The molecule has 134 valence electrons. The summed E-state index contributed by atoms with van der Waals surface area (Å²) >= 11 is 5.96. The number of ether oxygens (including phenoxy) is 1. The molecule has 0 aliphatic rings. The number of nitrogens with one attached hydrogen (secondary N) is 1. The van der Waals surface area contributed by atoms with Crippen molar-refractivity contribution < 1.29 is 13.9 Å². The van der Waals surface area contributed by atoms with Gasteiger partial charge in [-0.1, -0.05) is 35.0 Å². The highest BCUT2D eigenvalue weighted by Crippen LogP contribution is 2.20. The number of aromatic nitrogens is 3. The number of carbonyl (C=O) groups is 1. The molecule has 3 rings (SSSR count). The zero-order valence-corrected chi connectivity index (χ0v) is 14.5. The van der Waals surface area contributed by atoms with E-state index >= 15 is 0 Å². The minimum absolute atomic E-state index is 0.0352. The maximum atomic E-state index is 13.0. The summed E-state index contributed by atoms with van der Waals surface area (Å²) in [6.07, 6.45) is 1.68. The van der Waals surface area contributed by atoms with E-state index in [0.717, 1.165) is 5.56 Å². The van der Waals surface area contributed by atoms with Crippen molar-refractivity contribution >= 4 is 17.5 Å². The van der Waals surface area contributed by atoms with Crippen LogP contribution in [-0.2, 0) is 11.3 Å². The van der Waals surface area contributed by atoms with Gasteiger partial charge in [0.2, 0.25) is 5.91 Å². The van der Waals surface area contributed by atoms with Crippen LogP contribution in [0.3, 0.4) is 0 Å². The Bertz CT molecular complexity index is 900. The largest absolute Gasteiger partial charge is 0.492 e. The lowest BCUT2D eigenvalue weighted by Gasteiger charge is -2.07. The van der Waals surface area contributed by atoms with Crippen LogP contribution in [0.1, 0.15) is 0 Å². The average molecular weight is 375 g/mol. The van der Waals surface area contributed by atoms with Crippen molar-refractivity contribution in [3.63, 3.8) is 0 Å². The molecule has 3 aromatic rings. The molecule has 0 bridgehead atoms. The van der Waals surface area contributed by atoms with Crippen LogP contribution >= 0.6 is 11.6 Å². The van der Waals surface area contributed by atoms with Crippen LogP contribution in [0.5, 0.6) is 5.75 Å². The molecule has 1 N–H and O–H groups in total. The molecule has 0 fully saturated rings. The quantitative estimate of drug-likeness (QED) is 0.645. The third kappa shape index (κ3) is 5.03. The van der Waals surface area contributed by atoms with Gasteiger partial charge < -0.3 is 10.1 Å². The van der Waals surface area contributed by atoms with Gasteiger partial charge in [0.1, 0.15) is 30.4 Å². The Kier molecular flexibility index (Phi) is 5.80. The Morgan fingerprint density at radius 3 is 2.88 bits per heavy atom. The predicted molar refractivity (Wildman–Crippen MR) is 95.4 cm³/mol. The van der Waals surface area contributed by atoms with Crippen LogP contribution < -0.4 is 10.1 Å². The van der Waals surface area contributed by atoms with Gasteiger partial charge >= 0.3 is 0 Å². The van der Waals surface area contributed by atoms with Crippen LogP contribution in [0.4, 0.5) is 4.39 Å². The lowest BCUT2D eigenvalue weighted by molar-refractivity contribution is -0.121. The summed E-state index contributed by atoms with van der Waals surface area (Å²) < 4.78 is 19.8. The second-order valence-electron chi connectivity index (χ2n) is 5.47. The van der Waals surface area contributed by atoms with E-state index in [1.807, 2.05) is 12.1 Å². The molecular formula is C18H16ClFN4O2. The summed E-state index contributed by atoms with van der Waals surface area (Å²) in [4.78, 5) is 11.9. The van der Waals surface area contributed by atoms with Crippen LogP contribution in [-0.4, -0.2) is 34.1 Å². The zero-order chi connectivity index (χ0) is 18.4. The van der Waals surface area contributed by atoms with E-state index < -0.39 is 0 Å². The monoisotopic (exact) mass is 374 g/mol. The van der Waals surface area contributed by atoms with Crippen molar-refractivity contribution in [3.05, 3.63) is 65.6 Å². The SMILES string of the molecule is O=C(Cn1cc(-c2cccc(Cl)c2)nn1)NCCOc1cccc(F)c1. The molecule has 1 aromatic heterocycles. The molecule has 0 aliphatic carbocycles. The second kappa shape index (κ2) is 8.44. The normalized spacial score (nSPS) is 10.5. The Morgan fingerprint density at radius 1 is 1.23 bits per heavy atom. The topological polar surface area (TPSA) is 69.0 Å². The molecule has 26 heavy (non-hydrogen) atoms. The summed E-state index contributed by atoms with van der Waals surface area (Å²) in [5.74, 6) is -0.176. The van der Waals surface area contributed by atoms with Gasteiger partial charge in [-0.05, 0) is 24.3 Å². The Labute approximate surface area is 154 Å². The smallest absolute Gasteiger partial charge is 0.241 e. The van der Waals surface area contributed by atoms with Crippen LogP contribution in [0.25, 0.3) is 11.3 Å². The molecule has 8 heteroatoms. The molecular weight excluding hydrogens is 359 g/mol. The van der Waals surface area contributed by atoms with Gasteiger partial charge in [-0.25, -0.2) is 9.07 Å². The lowest BCUT2D eigenvalue weighted by atomic mass is 10.2. The first-order valence-corrected chi connectivity index (χ1v) is 8.29. The molecule has 0 aliphatic heterocycles. The van der Waals surface area contributed by atoms with Crippen molar-refractivity contribution in [2.24, 2.45) is 0 Å². The van der Waals surface area contributed by atoms with Gasteiger partial charge in [-0.15, -0.1) is 5.10 Å². The van der Waals surface area contributed by atoms with Gasteiger partial charge in [0, 0.05) is 16.7 Å². The van der Waals surface area contributed by atoms with Crippen molar-refractivity contribution in [1.82, 2.24) is 20.3 Å². The summed E-state index contributed by atoms with van der Waals surface area (Å²) in [5.41, 5.74) is 1.46. The fourth-order valence-corrected chi connectivity index (χ4v) is 2.47. The maximum Gasteiger partial charge on any atom is 0.241 e. The van der Waals surface area contributed by atoms with E-state index in [1.165, 1.54) is 16.8 Å². The predicted octanol–water partition coefficient (Wildman–Crippen LogP) is 2.93. The van der Waals surface area contributed by atoms with E-state index in [2.05, 4.69) is 15.6 Å². The highest BCUT2D eigenvalue weighted by Gasteiger charge is 2.08. The van der Waals surface area contributed by atoms with E-state index in [1.54, 1.807) is 30.5 Å².